The molecule has 0 aliphatic carbocycles. The molecule has 0 saturated carbocycles. The maximum absolute atomic E-state index is 12.2. The summed E-state index contributed by atoms with van der Waals surface area (Å²) >= 11 is 12.0. The van der Waals surface area contributed by atoms with Crippen molar-refractivity contribution in [2.45, 2.75) is 44.4 Å². The highest BCUT2D eigenvalue weighted by atomic mass is 35.5. The molecule has 0 saturated heterocycles. The van der Waals surface area contributed by atoms with E-state index in [-0.39, 0.29) is 22.1 Å². The highest BCUT2D eigenvalue weighted by Gasteiger charge is 2.25. The third kappa shape index (κ3) is 6.74. The molecular weight excluding hydrogens is 463 g/mol. The van der Waals surface area contributed by atoms with E-state index in [0.29, 0.717) is 23.8 Å². The van der Waals surface area contributed by atoms with Gasteiger partial charge in [-0.2, -0.15) is 0 Å². The Bertz CT molecular complexity index is 1040. The van der Waals surface area contributed by atoms with Gasteiger partial charge in [0.15, 0.2) is 0 Å². The summed E-state index contributed by atoms with van der Waals surface area (Å²) in [6.45, 7) is 5.33. The topological polar surface area (TPSA) is 110 Å². The second kappa shape index (κ2) is 11.0. The van der Waals surface area contributed by atoms with Crippen LogP contribution in [0.3, 0.4) is 0 Å². The number of primary sulfonamides is 1. The molecule has 0 aromatic heterocycles. The van der Waals surface area contributed by atoms with Gasteiger partial charge < -0.3 is 14.7 Å². The number of hydrogen-bond acceptors (Lipinski definition) is 5. The van der Waals surface area contributed by atoms with Gasteiger partial charge in [-0.3, -0.25) is 0 Å². The molecule has 7 nitrogen and oxygen atoms in total. The summed E-state index contributed by atoms with van der Waals surface area (Å²) in [5.74, 6) is -1.10. The molecule has 3 N–H and O–H groups in total. The van der Waals surface area contributed by atoms with Crippen molar-refractivity contribution in [3.63, 3.8) is 0 Å². The Morgan fingerprint density at radius 1 is 1.06 bits per heavy atom. The van der Waals surface area contributed by atoms with Crippen LogP contribution < -0.4 is 14.8 Å². The van der Waals surface area contributed by atoms with Crippen LogP contribution in [0.25, 0.3) is 0 Å². The zero-order valence-corrected chi connectivity index (χ0v) is 19.7. The fourth-order valence-corrected chi connectivity index (χ4v) is 3.95. The fourth-order valence-electron chi connectivity index (χ4n) is 3.00. The first-order valence-corrected chi connectivity index (χ1v) is 12.2. The van der Waals surface area contributed by atoms with Crippen LogP contribution in [0.5, 0.6) is 11.5 Å². The van der Waals surface area contributed by atoms with Crippen LogP contribution in [0, 0.1) is 0 Å². The van der Waals surface area contributed by atoms with Crippen LogP contribution in [0.2, 0.25) is 10.0 Å². The summed E-state index contributed by atoms with van der Waals surface area (Å²) < 4.78 is 30.2. The Morgan fingerprint density at radius 2 is 1.68 bits per heavy atom. The van der Waals surface area contributed by atoms with Crippen molar-refractivity contribution in [2.75, 3.05) is 18.0 Å². The van der Waals surface area contributed by atoms with Crippen LogP contribution in [-0.4, -0.2) is 32.6 Å². The van der Waals surface area contributed by atoms with Gasteiger partial charge in [0.05, 0.1) is 21.3 Å². The Morgan fingerprint density at radius 3 is 2.16 bits per heavy atom. The Hall–Kier alpha value is -2.00. The predicted molar refractivity (Wildman–Crippen MR) is 123 cm³/mol. The molecule has 0 aliphatic rings. The number of ether oxygens (including phenoxy) is 1. The Kier molecular flexibility index (Phi) is 9.00. The minimum Gasteiger partial charge on any atom is -0.478 e. The minimum atomic E-state index is -4.27. The van der Waals surface area contributed by atoms with Crippen molar-refractivity contribution in [2.24, 2.45) is 5.14 Å². The standard InChI is InChI=1S/C21H26Cl2N2O5S/c1-3-5-9-25(10-6-4-2)18-13-19(30-14-7-8-16(22)17(23)11-14)20(31(24,28)29)12-15(18)21(26)27/h7-8,11-13H,3-6,9-10H2,1-2H3,(H,26,27)(H2,24,28,29). The van der Waals surface area contributed by atoms with Gasteiger partial charge in [-0.1, -0.05) is 49.9 Å². The van der Waals surface area contributed by atoms with E-state index in [1.54, 1.807) is 0 Å². The van der Waals surface area contributed by atoms with Gasteiger partial charge in [0.1, 0.15) is 16.4 Å². The summed E-state index contributed by atoms with van der Waals surface area (Å²) in [4.78, 5) is 13.5. The number of nitrogens with zero attached hydrogens (tertiary/aromatic N) is 1. The molecule has 0 atom stereocenters. The first-order chi connectivity index (χ1) is 14.6. The maximum atomic E-state index is 12.2. The second-order valence-electron chi connectivity index (χ2n) is 7.04. The zero-order valence-electron chi connectivity index (χ0n) is 17.4. The molecular formula is C21H26Cl2N2O5S. The number of carboxylic acid groups (broad SMARTS) is 1. The third-order valence-corrected chi connectivity index (χ3v) is 6.29. The molecule has 170 valence electrons. The molecule has 0 spiro atoms. The molecule has 0 unspecified atom stereocenters. The number of carbonyl (C=O) groups is 1. The lowest BCUT2D eigenvalue weighted by molar-refractivity contribution is 0.0697. The largest absolute Gasteiger partial charge is 0.478 e. The molecule has 0 bridgehead atoms. The number of anilines is 1. The summed E-state index contributed by atoms with van der Waals surface area (Å²) in [5, 5.41) is 15.7. The average Bonchev–Trinajstić information content (AvgIpc) is 2.69. The van der Waals surface area contributed by atoms with Crippen molar-refractivity contribution < 1.29 is 23.1 Å². The van der Waals surface area contributed by atoms with E-state index in [1.165, 1.54) is 24.3 Å². The highest BCUT2D eigenvalue weighted by molar-refractivity contribution is 7.89. The van der Waals surface area contributed by atoms with Crippen molar-refractivity contribution in [3.8, 4) is 11.5 Å². The molecule has 2 rings (SSSR count). The van der Waals surface area contributed by atoms with Gasteiger partial charge in [0.2, 0.25) is 10.0 Å². The van der Waals surface area contributed by atoms with Gasteiger partial charge in [0.25, 0.3) is 0 Å². The molecule has 0 amide bonds. The van der Waals surface area contributed by atoms with Crippen molar-refractivity contribution in [1.82, 2.24) is 0 Å². The summed E-state index contributed by atoms with van der Waals surface area (Å²) in [6, 6.07) is 6.93. The minimum absolute atomic E-state index is 0.0844. The van der Waals surface area contributed by atoms with Gasteiger partial charge in [-0.25, -0.2) is 18.4 Å². The van der Waals surface area contributed by atoms with Crippen LogP contribution in [0.1, 0.15) is 49.9 Å². The summed E-state index contributed by atoms with van der Waals surface area (Å²) in [5.41, 5.74) is 0.217. The first-order valence-electron chi connectivity index (χ1n) is 9.90. The fraction of sp³-hybridized carbons (Fsp3) is 0.381. The van der Waals surface area contributed by atoms with Gasteiger partial charge in [-0.15, -0.1) is 0 Å². The Labute approximate surface area is 192 Å². The Balaban J connectivity index is 2.66. The number of unbranched alkanes of at least 4 members (excludes halogenated alkanes) is 2. The predicted octanol–water partition coefficient (Wildman–Crippen LogP) is 5.54. The van der Waals surface area contributed by atoms with Gasteiger partial charge in [-0.05, 0) is 31.0 Å². The number of halogens is 2. The number of aromatic carboxylic acids is 1. The van der Waals surface area contributed by atoms with Gasteiger partial charge in [0, 0.05) is 25.2 Å². The number of rotatable bonds is 11. The lowest BCUT2D eigenvalue weighted by atomic mass is 10.1. The van der Waals surface area contributed by atoms with Crippen LogP contribution in [0.4, 0.5) is 5.69 Å². The number of carboxylic acids is 1. The molecule has 0 radical (unpaired) electrons. The van der Waals surface area contributed by atoms with E-state index in [4.69, 9.17) is 33.1 Å². The number of benzene rings is 2. The van der Waals surface area contributed by atoms with Crippen LogP contribution in [0.15, 0.2) is 35.2 Å². The normalized spacial score (nSPS) is 11.4. The van der Waals surface area contributed by atoms with Crippen LogP contribution >= 0.6 is 23.2 Å². The lowest BCUT2D eigenvalue weighted by Crippen LogP contribution is -2.28. The van der Waals surface area contributed by atoms with Crippen molar-refractivity contribution >= 4 is 44.9 Å². The molecule has 10 heteroatoms. The second-order valence-corrected chi connectivity index (χ2v) is 9.38. The van der Waals surface area contributed by atoms with E-state index in [1.807, 2.05) is 18.7 Å². The quantitative estimate of drug-likeness (QED) is 0.429. The number of nitrogens with two attached hydrogens (primary N) is 1. The van der Waals surface area contributed by atoms with E-state index in [9.17, 15) is 18.3 Å². The molecule has 2 aromatic carbocycles. The van der Waals surface area contributed by atoms with Gasteiger partial charge >= 0.3 is 5.97 Å². The monoisotopic (exact) mass is 488 g/mol. The smallest absolute Gasteiger partial charge is 0.337 e. The zero-order chi connectivity index (χ0) is 23.2. The molecule has 0 heterocycles. The first kappa shape index (κ1) is 25.3. The summed E-state index contributed by atoms with van der Waals surface area (Å²) in [7, 11) is -4.27. The number of sulfonamides is 1. The molecule has 2 aromatic rings. The van der Waals surface area contributed by atoms with E-state index < -0.39 is 20.9 Å². The molecule has 0 aliphatic heterocycles. The SMILES string of the molecule is CCCCN(CCCC)c1cc(Oc2ccc(Cl)c(Cl)c2)c(S(N)(=O)=O)cc1C(=O)O. The lowest BCUT2D eigenvalue weighted by Gasteiger charge is -2.27. The molecule has 0 fully saturated rings. The molecule has 31 heavy (non-hydrogen) atoms. The van der Waals surface area contributed by atoms with Crippen molar-refractivity contribution in [1.29, 1.82) is 0 Å². The number of hydrogen-bond donors (Lipinski definition) is 2. The van der Waals surface area contributed by atoms with Crippen LogP contribution in [-0.2, 0) is 10.0 Å². The van der Waals surface area contributed by atoms with E-state index in [2.05, 4.69) is 0 Å². The summed E-state index contributed by atoms with van der Waals surface area (Å²) in [6.07, 6.45) is 3.55. The average molecular weight is 489 g/mol. The third-order valence-electron chi connectivity index (χ3n) is 4.62. The maximum Gasteiger partial charge on any atom is 0.337 e. The highest BCUT2D eigenvalue weighted by Crippen LogP contribution is 2.37. The van der Waals surface area contributed by atoms with E-state index in [0.717, 1.165) is 31.7 Å². The van der Waals surface area contributed by atoms with E-state index >= 15 is 0 Å². The van der Waals surface area contributed by atoms with Crippen molar-refractivity contribution in [3.05, 3.63) is 45.9 Å².